The molecular weight excluding hydrogens is 416 g/mol. The Kier molecular flexibility index (Phi) is 5.09. The van der Waals surface area contributed by atoms with Crippen molar-refractivity contribution >= 4 is 27.5 Å². The summed E-state index contributed by atoms with van der Waals surface area (Å²) in [5.74, 6) is -0.802. The van der Waals surface area contributed by atoms with Crippen LogP contribution >= 0.6 is 0 Å². The maximum absolute atomic E-state index is 13.4. The zero-order valence-electron chi connectivity index (χ0n) is 17.5. The Hall–Kier alpha value is -3.20. The molecule has 2 aliphatic heterocycles. The monoisotopic (exact) mass is 440 g/mol. The molecular formula is C22H24N4O4S. The quantitative estimate of drug-likeness (QED) is 0.756. The Bertz CT molecular complexity index is 1200. The van der Waals surface area contributed by atoms with Gasteiger partial charge in [-0.3, -0.25) is 9.78 Å². The number of aliphatic hydroxyl groups excluding tert-OH is 1. The summed E-state index contributed by atoms with van der Waals surface area (Å²) in [4.78, 5) is 19.3. The molecule has 0 aliphatic carbocycles. The Morgan fingerprint density at radius 2 is 1.84 bits per heavy atom. The summed E-state index contributed by atoms with van der Waals surface area (Å²) in [7, 11) is -4.00. The maximum atomic E-state index is 13.4. The summed E-state index contributed by atoms with van der Waals surface area (Å²) in [5, 5.41) is 14.0. The lowest BCUT2D eigenvalue weighted by Gasteiger charge is -2.35. The van der Waals surface area contributed by atoms with Crippen LogP contribution in [0.1, 0.15) is 26.5 Å². The number of nitrogens with one attached hydrogen (secondary N) is 1. The van der Waals surface area contributed by atoms with E-state index in [-0.39, 0.29) is 22.1 Å². The Balaban J connectivity index is 1.72. The molecule has 0 saturated carbocycles. The highest BCUT2D eigenvalue weighted by Gasteiger charge is 2.47. The summed E-state index contributed by atoms with van der Waals surface area (Å²) >= 11 is 0. The number of carbonyl (C=O) groups excluding carboxylic acids is 1. The second-order valence-corrected chi connectivity index (χ2v) is 10.2. The molecule has 0 saturated heterocycles. The molecule has 31 heavy (non-hydrogen) atoms. The van der Waals surface area contributed by atoms with Crippen LogP contribution < -0.4 is 5.32 Å². The third-order valence-electron chi connectivity index (χ3n) is 5.32. The van der Waals surface area contributed by atoms with Gasteiger partial charge < -0.3 is 15.3 Å². The number of aliphatic hydroxyl groups is 1. The number of sulfonamides is 1. The van der Waals surface area contributed by atoms with Gasteiger partial charge in [0.25, 0.3) is 15.9 Å². The maximum Gasteiger partial charge on any atom is 0.286 e. The molecule has 0 fully saturated rings. The second kappa shape index (κ2) is 7.49. The van der Waals surface area contributed by atoms with E-state index in [1.54, 1.807) is 29.3 Å². The van der Waals surface area contributed by atoms with Gasteiger partial charge >= 0.3 is 0 Å². The third kappa shape index (κ3) is 3.81. The van der Waals surface area contributed by atoms with Gasteiger partial charge in [0.1, 0.15) is 16.2 Å². The number of amidine groups is 1. The molecule has 9 heteroatoms. The van der Waals surface area contributed by atoms with Crippen molar-refractivity contribution < 1.29 is 18.3 Å². The van der Waals surface area contributed by atoms with Crippen molar-refractivity contribution in [2.45, 2.75) is 38.1 Å². The molecule has 2 aromatic rings. The zero-order valence-corrected chi connectivity index (χ0v) is 18.3. The first-order chi connectivity index (χ1) is 14.6. The number of para-hydroxylation sites is 1. The number of carbonyl (C=O) groups is 1. The van der Waals surface area contributed by atoms with Crippen molar-refractivity contribution in [1.29, 1.82) is 0 Å². The van der Waals surface area contributed by atoms with Crippen LogP contribution in [0.5, 0.6) is 0 Å². The Morgan fingerprint density at radius 1 is 1.13 bits per heavy atom. The van der Waals surface area contributed by atoms with Crippen LogP contribution in [0.2, 0.25) is 0 Å². The van der Waals surface area contributed by atoms with E-state index in [1.165, 1.54) is 6.07 Å². The number of hydrogen-bond acceptors (Lipinski definition) is 6. The van der Waals surface area contributed by atoms with Gasteiger partial charge in [0, 0.05) is 24.9 Å². The summed E-state index contributed by atoms with van der Waals surface area (Å²) in [6.45, 7) is 6.07. The molecule has 4 rings (SSSR count). The molecule has 0 spiro atoms. The van der Waals surface area contributed by atoms with Gasteiger partial charge in [-0.25, -0.2) is 0 Å². The number of benzene rings is 1. The Morgan fingerprint density at radius 3 is 2.52 bits per heavy atom. The predicted octanol–water partition coefficient (Wildman–Crippen LogP) is 2.91. The fourth-order valence-corrected chi connectivity index (χ4v) is 5.11. The SMILES string of the molecule is CC(C)(C)[C@H]1C(O)=C(C2=NS(=O)(=O)c3ccccc3N2)C(=O)N1CCc1ccccn1. The molecule has 1 atom stereocenters. The van der Waals surface area contributed by atoms with Crippen LogP contribution in [-0.4, -0.2) is 47.7 Å². The second-order valence-electron chi connectivity index (χ2n) is 8.63. The first-order valence-corrected chi connectivity index (χ1v) is 11.4. The van der Waals surface area contributed by atoms with Gasteiger partial charge in [0.2, 0.25) is 0 Å². The minimum atomic E-state index is -4.00. The molecule has 8 nitrogen and oxygen atoms in total. The van der Waals surface area contributed by atoms with Crippen LogP contribution in [0.3, 0.4) is 0 Å². The molecule has 0 radical (unpaired) electrons. The van der Waals surface area contributed by atoms with Crippen molar-refractivity contribution in [1.82, 2.24) is 9.88 Å². The fourth-order valence-electron chi connectivity index (χ4n) is 3.99. The molecule has 162 valence electrons. The predicted molar refractivity (Wildman–Crippen MR) is 117 cm³/mol. The zero-order chi connectivity index (χ0) is 22.4. The van der Waals surface area contributed by atoms with Gasteiger partial charge in [-0.05, 0) is 29.7 Å². The lowest BCUT2D eigenvalue weighted by Crippen LogP contribution is -2.45. The van der Waals surface area contributed by atoms with Crippen molar-refractivity contribution in [3.63, 3.8) is 0 Å². The Labute approximate surface area is 181 Å². The summed E-state index contributed by atoms with van der Waals surface area (Å²) in [6, 6.07) is 11.3. The smallest absolute Gasteiger partial charge is 0.286 e. The molecule has 1 amide bonds. The lowest BCUT2D eigenvalue weighted by molar-refractivity contribution is -0.128. The molecule has 2 N–H and O–H groups in total. The number of rotatable bonds is 4. The van der Waals surface area contributed by atoms with Crippen molar-refractivity contribution in [3.8, 4) is 0 Å². The normalized spacial score (nSPS) is 20.4. The summed E-state index contributed by atoms with van der Waals surface area (Å²) in [5.41, 5.74) is 0.539. The molecule has 0 unspecified atom stereocenters. The van der Waals surface area contributed by atoms with Crippen molar-refractivity contribution in [2.24, 2.45) is 9.81 Å². The highest BCUT2D eigenvalue weighted by Crippen LogP contribution is 2.38. The summed E-state index contributed by atoms with van der Waals surface area (Å²) < 4.78 is 29.1. The van der Waals surface area contributed by atoms with Crippen LogP contribution in [0.15, 0.2) is 69.3 Å². The van der Waals surface area contributed by atoms with E-state index in [0.717, 1.165) is 5.69 Å². The minimum Gasteiger partial charge on any atom is -0.509 e. The number of fused-ring (bicyclic) bond motifs is 1. The van der Waals surface area contributed by atoms with Crippen LogP contribution in [-0.2, 0) is 21.2 Å². The van der Waals surface area contributed by atoms with E-state index in [9.17, 15) is 18.3 Å². The number of hydrogen-bond donors (Lipinski definition) is 2. The average molecular weight is 441 g/mol. The van der Waals surface area contributed by atoms with E-state index >= 15 is 0 Å². The van der Waals surface area contributed by atoms with Crippen LogP contribution in [0, 0.1) is 5.41 Å². The first kappa shape index (κ1) is 21.0. The summed E-state index contributed by atoms with van der Waals surface area (Å²) in [6.07, 6.45) is 2.19. The first-order valence-electron chi connectivity index (χ1n) is 9.95. The standard InChI is InChI=1S/C22H24N4O4S/c1-22(2,3)19-18(27)17(21(28)26(19)13-11-14-8-6-7-12-23-14)20-24-15-9-4-5-10-16(15)31(29,30)25-20/h4-10,12,19,27H,11,13H2,1-3H3,(H,24,25)/t19-/m1/s1. The fraction of sp³-hybridized carbons (Fsp3) is 0.318. The highest BCUT2D eigenvalue weighted by atomic mass is 32.2. The van der Waals surface area contributed by atoms with E-state index in [0.29, 0.717) is 18.7 Å². The van der Waals surface area contributed by atoms with Crippen LogP contribution in [0.4, 0.5) is 5.69 Å². The van der Waals surface area contributed by atoms with Gasteiger partial charge in [-0.2, -0.15) is 8.42 Å². The van der Waals surface area contributed by atoms with E-state index < -0.39 is 27.4 Å². The lowest BCUT2D eigenvalue weighted by atomic mass is 9.85. The van der Waals surface area contributed by atoms with Crippen molar-refractivity contribution in [2.75, 3.05) is 11.9 Å². The van der Waals surface area contributed by atoms with Crippen LogP contribution in [0.25, 0.3) is 0 Å². The molecule has 2 aliphatic rings. The molecule has 1 aromatic heterocycles. The van der Waals surface area contributed by atoms with Gasteiger partial charge in [0.05, 0.1) is 11.7 Å². The van der Waals surface area contributed by atoms with Gasteiger partial charge in [-0.1, -0.05) is 39.0 Å². The number of pyridine rings is 1. The van der Waals surface area contributed by atoms with E-state index in [4.69, 9.17) is 0 Å². The molecule has 1 aromatic carbocycles. The van der Waals surface area contributed by atoms with Gasteiger partial charge in [-0.15, -0.1) is 4.40 Å². The van der Waals surface area contributed by atoms with E-state index in [2.05, 4.69) is 14.7 Å². The van der Waals surface area contributed by atoms with Crippen molar-refractivity contribution in [3.05, 3.63) is 65.7 Å². The topological polar surface area (TPSA) is 112 Å². The van der Waals surface area contributed by atoms with Gasteiger partial charge in [0.15, 0.2) is 5.84 Å². The molecule has 3 heterocycles. The number of nitrogens with zero attached hydrogens (tertiary/aromatic N) is 3. The number of anilines is 1. The average Bonchev–Trinajstić information content (AvgIpc) is 2.96. The number of amides is 1. The highest BCUT2D eigenvalue weighted by molar-refractivity contribution is 7.90. The number of aromatic nitrogens is 1. The minimum absolute atomic E-state index is 0.0312. The third-order valence-corrected chi connectivity index (χ3v) is 6.66. The largest absolute Gasteiger partial charge is 0.509 e. The van der Waals surface area contributed by atoms with E-state index in [1.807, 2.05) is 39.0 Å². The molecule has 0 bridgehead atoms.